The molecule has 0 fully saturated rings. The molecule has 0 aromatic carbocycles. The molecule has 8 heteroatoms. The number of carboxylic acid groups (broad SMARTS) is 2. The first-order chi connectivity index (χ1) is 29.7. The third kappa shape index (κ3) is 67.1. The Hall–Kier alpha value is -2.19. The van der Waals surface area contributed by atoms with Crippen LogP contribution in [0.2, 0.25) is 0 Å². The number of rotatable bonds is 45. The van der Waals surface area contributed by atoms with Crippen LogP contribution in [0, 0.1) is 0 Å². The van der Waals surface area contributed by atoms with Crippen LogP contribution in [-0.2, 0) is 19.1 Å². The Morgan fingerprint density at radius 2 is 0.639 bits per heavy atom. The fourth-order valence-electron chi connectivity index (χ4n) is 6.94. The standard InChI is InChI=1S/2C18H34O2.C17H34O4/c2*1-2-3-4-5-6-7-8-9-10-11-12-13-14-15-16-17-18(19)20;1-2-3-4-5-6-7-8-9-10-11-12-13-17(20)21-15-16(19)14-18/h2*9-10H,2-8,11-17H2,1H3,(H,19,20);16,18-19H,2-15H2,1H3/b2*10-9-;. The molecule has 1 unspecified atom stereocenters. The molecule has 8 nitrogen and oxygen atoms in total. The average molecular weight is 867 g/mol. The van der Waals surface area contributed by atoms with Crippen LogP contribution in [0.5, 0.6) is 0 Å². The summed E-state index contributed by atoms with van der Waals surface area (Å²) in [5.74, 6) is -1.61. The number of carboxylic acids is 2. The summed E-state index contributed by atoms with van der Waals surface area (Å²) in [7, 11) is 0. The van der Waals surface area contributed by atoms with Crippen LogP contribution in [0.3, 0.4) is 0 Å². The summed E-state index contributed by atoms with van der Waals surface area (Å²) < 4.78 is 4.84. The Bertz CT molecular complexity index is 883. The van der Waals surface area contributed by atoms with Crippen LogP contribution in [0.4, 0.5) is 0 Å². The van der Waals surface area contributed by atoms with E-state index < -0.39 is 18.0 Å². The summed E-state index contributed by atoms with van der Waals surface area (Å²) >= 11 is 0. The highest BCUT2D eigenvalue weighted by atomic mass is 16.5. The minimum absolute atomic E-state index is 0.104. The lowest BCUT2D eigenvalue weighted by molar-refractivity contribution is -0.147. The van der Waals surface area contributed by atoms with Crippen molar-refractivity contribution in [2.45, 2.75) is 284 Å². The fourth-order valence-corrected chi connectivity index (χ4v) is 6.94. The van der Waals surface area contributed by atoms with Gasteiger partial charge in [-0.3, -0.25) is 14.4 Å². The molecule has 0 rings (SSSR count). The number of unbranched alkanes of at least 4 members (excludes halogenated alkanes) is 32. The van der Waals surface area contributed by atoms with E-state index in [1.807, 2.05) is 0 Å². The monoisotopic (exact) mass is 867 g/mol. The molecule has 0 amide bonds. The Morgan fingerprint density at radius 1 is 0.393 bits per heavy atom. The first kappa shape index (κ1) is 63.1. The number of carbonyl (C=O) groups is 3. The van der Waals surface area contributed by atoms with E-state index in [2.05, 4.69) is 45.1 Å². The summed E-state index contributed by atoms with van der Waals surface area (Å²) in [6.45, 7) is 6.29. The van der Waals surface area contributed by atoms with Crippen molar-refractivity contribution in [2.75, 3.05) is 13.2 Å². The highest BCUT2D eigenvalue weighted by Crippen LogP contribution is 2.14. The van der Waals surface area contributed by atoms with Crippen molar-refractivity contribution in [1.82, 2.24) is 0 Å². The van der Waals surface area contributed by atoms with Gasteiger partial charge in [0.25, 0.3) is 0 Å². The van der Waals surface area contributed by atoms with Gasteiger partial charge in [0.05, 0.1) is 6.61 Å². The quantitative estimate of drug-likeness (QED) is 0.0269. The molecule has 0 aliphatic carbocycles. The molecule has 0 saturated heterocycles. The number of hydrogen-bond acceptors (Lipinski definition) is 6. The SMILES string of the molecule is CCCCCCCC/C=C\CCCCCCCC(=O)O.CCCCCCCC/C=C\CCCCCCCC(=O)O.CCCCCCCCCCCCCC(=O)OCC(O)CO. The van der Waals surface area contributed by atoms with Crippen LogP contribution in [-0.4, -0.2) is 57.7 Å². The second kappa shape index (κ2) is 57.8. The van der Waals surface area contributed by atoms with Gasteiger partial charge in [-0.1, -0.05) is 212 Å². The lowest BCUT2D eigenvalue weighted by atomic mass is 10.1. The van der Waals surface area contributed by atoms with Crippen molar-refractivity contribution in [1.29, 1.82) is 0 Å². The molecule has 4 N–H and O–H groups in total. The minimum Gasteiger partial charge on any atom is -0.481 e. The molecular weight excluding hydrogens is 765 g/mol. The molecular formula is C53H102O8. The zero-order valence-electron chi connectivity index (χ0n) is 40.5. The van der Waals surface area contributed by atoms with E-state index in [0.29, 0.717) is 19.3 Å². The zero-order valence-corrected chi connectivity index (χ0v) is 40.5. The molecule has 1 atom stereocenters. The molecule has 0 spiro atoms. The Kier molecular flexibility index (Phi) is 59.8. The van der Waals surface area contributed by atoms with Crippen molar-refractivity contribution in [3.05, 3.63) is 24.3 Å². The Labute approximate surface area is 377 Å². The number of carbonyl (C=O) groups excluding carboxylic acids is 1. The first-order valence-corrected chi connectivity index (χ1v) is 25.9. The highest BCUT2D eigenvalue weighted by molar-refractivity contribution is 5.69. The highest BCUT2D eigenvalue weighted by Gasteiger charge is 2.07. The summed E-state index contributed by atoms with van der Waals surface area (Å²) in [6, 6.07) is 0. The minimum atomic E-state index is -0.953. The number of aliphatic hydroxyl groups excluding tert-OH is 2. The van der Waals surface area contributed by atoms with Gasteiger partial charge in [0.15, 0.2) is 0 Å². The molecule has 0 bridgehead atoms. The van der Waals surface area contributed by atoms with Gasteiger partial charge in [0.1, 0.15) is 12.7 Å². The number of hydrogen-bond donors (Lipinski definition) is 4. The average Bonchev–Trinajstić information content (AvgIpc) is 3.25. The number of aliphatic carboxylic acids is 2. The molecule has 61 heavy (non-hydrogen) atoms. The summed E-state index contributed by atoms with van der Waals surface area (Å²) in [5, 5.41) is 34.6. The third-order valence-electron chi connectivity index (χ3n) is 10.9. The second-order valence-electron chi connectivity index (χ2n) is 17.3. The van der Waals surface area contributed by atoms with Crippen molar-refractivity contribution < 1.29 is 39.5 Å². The van der Waals surface area contributed by atoms with Gasteiger partial charge < -0.3 is 25.2 Å². The maximum atomic E-state index is 11.3. The normalized spacial score (nSPS) is 11.6. The predicted octanol–water partition coefficient (Wildman–Crippen LogP) is 15.8. The number of aliphatic hydroxyl groups is 2. The molecule has 362 valence electrons. The maximum Gasteiger partial charge on any atom is 0.305 e. The lowest BCUT2D eigenvalue weighted by Crippen LogP contribution is -2.21. The molecule has 0 aromatic heterocycles. The number of esters is 1. The van der Waals surface area contributed by atoms with Gasteiger partial charge in [0.2, 0.25) is 0 Å². The van der Waals surface area contributed by atoms with E-state index in [1.165, 1.54) is 199 Å². The molecule has 0 aliphatic rings. The largest absolute Gasteiger partial charge is 0.481 e. The van der Waals surface area contributed by atoms with Crippen molar-refractivity contribution in [2.24, 2.45) is 0 Å². The van der Waals surface area contributed by atoms with Gasteiger partial charge in [0, 0.05) is 19.3 Å². The molecule has 0 heterocycles. The van der Waals surface area contributed by atoms with Crippen molar-refractivity contribution in [3.8, 4) is 0 Å². The predicted molar refractivity (Wildman–Crippen MR) is 259 cm³/mol. The third-order valence-corrected chi connectivity index (χ3v) is 10.9. The Morgan fingerprint density at radius 3 is 0.902 bits per heavy atom. The molecule has 0 radical (unpaired) electrons. The van der Waals surface area contributed by atoms with Gasteiger partial charge >= 0.3 is 17.9 Å². The maximum absolute atomic E-state index is 11.3. The van der Waals surface area contributed by atoms with E-state index in [9.17, 15) is 14.4 Å². The second-order valence-corrected chi connectivity index (χ2v) is 17.3. The van der Waals surface area contributed by atoms with E-state index in [4.69, 9.17) is 25.2 Å². The summed E-state index contributed by atoms with van der Waals surface area (Å²) in [6.07, 6.45) is 55.7. The number of allylic oxidation sites excluding steroid dienone is 4. The van der Waals surface area contributed by atoms with Crippen LogP contribution in [0.15, 0.2) is 24.3 Å². The molecule has 0 aliphatic heterocycles. The smallest absolute Gasteiger partial charge is 0.305 e. The first-order valence-electron chi connectivity index (χ1n) is 25.9. The van der Waals surface area contributed by atoms with Gasteiger partial charge in [-0.25, -0.2) is 0 Å². The number of ether oxygens (including phenoxy) is 1. The molecule has 0 aromatic rings. The van der Waals surface area contributed by atoms with Crippen LogP contribution in [0.25, 0.3) is 0 Å². The van der Waals surface area contributed by atoms with Gasteiger partial charge in [-0.05, 0) is 70.6 Å². The van der Waals surface area contributed by atoms with E-state index in [-0.39, 0.29) is 19.2 Å². The topological polar surface area (TPSA) is 141 Å². The van der Waals surface area contributed by atoms with Crippen LogP contribution < -0.4 is 0 Å². The van der Waals surface area contributed by atoms with Gasteiger partial charge in [-0.2, -0.15) is 0 Å². The lowest BCUT2D eigenvalue weighted by Gasteiger charge is -2.08. The summed E-state index contributed by atoms with van der Waals surface area (Å²) in [5.41, 5.74) is 0. The molecule has 0 saturated carbocycles. The fraction of sp³-hybridized carbons (Fsp3) is 0.868. The Balaban J connectivity index is -0.000000828. The van der Waals surface area contributed by atoms with E-state index in [0.717, 1.165) is 38.5 Å². The van der Waals surface area contributed by atoms with E-state index >= 15 is 0 Å². The van der Waals surface area contributed by atoms with Crippen LogP contribution in [0.1, 0.15) is 278 Å². The van der Waals surface area contributed by atoms with Crippen molar-refractivity contribution >= 4 is 17.9 Å². The van der Waals surface area contributed by atoms with Crippen LogP contribution >= 0.6 is 0 Å². The van der Waals surface area contributed by atoms with E-state index in [1.54, 1.807) is 0 Å². The van der Waals surface area contributed by atoms with Crippen molar-refractivity contribution in [3.63, 3.8) is 0 Å². The van der Waals surface area contributed by atoms with Gasteiger partial charge in [-0.15, -0.1) is 0 Å². The summed E-state index contributed by atoms with van der Waals surface area (Å²) in [4.78, 5) is 32.0. The zero-order chi connectivity index (χ0) is 45.5.